The molecular formula is C21H27N3O2. The molecule has 2 aliphatic heterocycles. The molecule has 1 aromatic carbocycles. The summed E-state index contributed by atoms with van der Waals surface area (Å²) in [6.45, 7) is 9.96. The largest absolute Gasteiger partial charge is 0.376 e. The van der Waals surface area contributed by atoms with Gasteiger partial charge in [-0.15, -0.1) is 0 Å². The Kier molecular flexibility index (Phi) is 4.92. The van der Waals surface area contributed by atoms with Gasteiger partial charge in [-0.2, -0.15) is 0 Å². The molecule has 0 unspecified atom stereocenters. The number of hydrogen-bond donors (Lipinski definition) is 0. The van der Waals surface area contributed by atoms with Crippen molar-refractivity contribution in [2.45, 2.75) is 20.0 Å². The first-order chi connectivity index (χ1) is 12.7. The number of likely N-dealkylation sites (tertiary alicyclic amines) is 1. The van der Waals surface area contributed by atoms with Crippen LogP contribution < -0.4 is 0 Å². The fraction of sp³-hybridized carbons (Fsp3) is 0.524. The van der Waals surface area contributed by atoms with Gasteiger partial charge in [0.25, 0.3) is 5.91 Å². The minimum absolute atomic E-state index is 0.107. The summed E-state index contributed by atoms with van der Waals surface area (Å²) in [6.07, 6.45) is 1.97. The number of carbonyl (C=O) groups is 1. The summed E-state index contributed by atoms with van der Waals surface area (Å²) in [4.78, 5) is 21.8. The molecule has 0 saturated carbocycles. The molecule has 1 aromatic heterocycles. The van der Waals surface area contributed by atoms with E-state index < -0.39 is 0 Å². The lowest BCUT2D eigenvalue weighted by molar-refractivity contribution is 0.0666. The Hall–Kier alpha value is -1.98. The van der Waals surface area contributed by atoms with E-state index in [2.05, 4.69) is 23.7 Å². The third-order valence-electron chi connectivity index (χ3n) is 5.96. The number of pyridine rings is 1. The SMILES string of the molecule is CCN(CC)C[C@@H]1CO[C@H]2CN(C(=O)c3ccc4ncccc4c3)C[C@@H]12. The summed E-state index contributed by atoms with van der Waals surface area (Å²) < 4.78 is 6.04. The van der Waals surface area contributed by atoms with Gasteiger partial charge in [0.2, 0.25) is 0 Å². The number of rotatable bonds is 5. The van der Waals surface area contributed by atoms with Crippen molar-refractivity contribution in [3.63, 3.8) is 0 Å². The maximum atomic E-state index is 13.0. The van der Waals surface area contributed by atoms with Crippen molar-refractivity contribution in [2.75, 3.05) is 39.3 Å². The van der Waals surface area contributed by atoms with Gasteiger partial charge in [-0.3, -0.25) is 9.78 Å². The first kappa shape index (κ1) is 17.4. The van der Waals surface area contributed by atoms with Gasteiger partial charge in [-0.25, -0.2) is 0 Å². The van der Waals surface area contributed by atoms with E-state index in [1.807, 2.05) is 35.2 Å². The van der Waals surface area contributed by atoms with Gasteiger partial charge in [0.1, 0.15) is 0 Å². The van der Waals surface area contributed by atoms with Crippen molar-refractivity contribution in [2.24, 2.45) is 11.8 Å². The van der Waals surface area contributed by atoms with E-state index in [0.29, 0.717) is 18.4 Å². The zero-order valence-electron chi connectivity index (χ0n) is 15.6. The van der Waals surface area contributed by atoms with Crippen LogP contribution in [-0.2, 0) is 4.74 Å². The Labute approximate surface area is 154 Å². The summed E-state index contributed by atoms with van der Waals surface area (Å²) >= 11 is 0. The van der Waals surface area contributed by atoms with Crippen LogP contribution in [0.1, 0.15) is 24.2 Å². The molecule has 4 rings (SSSR count). The van der Waals surface area contributed by atoms with E-state index in [4.69, 9.17) is 4.74 Å². The average molecular weight is 353 g/mol. The van der Waals surface area contributed by atoms with Crippen LogP contribution in [0.2, 0.25) is 0 Å². The van der Waals surface area contributed by atoms with Crippen LogP contribution >= 0.6 is 0 Å². The molecule has 26 heavy (non-hydrogen) atoms. The lowest BCUT2D eigenvalue weighted by Crippen LogP contribution is -2.35. The van der Waals surface area contributed by atoms with Gasteiger partial charge in [0, 0.05) is 48.6 Å². The number of nitrogens with zero attached hydrogens (tertiary/aromatic N) is 3. The number of carbonyl (C=O) groups excluding carboxylic acids is 1. The minimum atomic E-state index is 0.107. The summed E-state index contributed by atoms with van der Waals surface area (Å²) in [5.74, 6) is 1.09. The number of aromatic nitrogens is 1. The second kappa shape index (κ2) is 7.33. The Morgan fingerprint density at radius 2 is 2.12 bits per heavy atom. The molecule has 5 nitrogen and oxygen atoms in total. The van der Waals surface area contributed by atoms with E-state index in [1.165, 1.54) is 0 Å². The van der Waals surface area contributed by atoms with Gasteiger partial charge in [0.15, 0.2) is 0 Å². The number of benzene rings is 1. The molecule has 3 atom stereocenters. The highest BCUT2D eigenvalue weighted by atomic mass is 16.5. The Bertz CT molecular complexity index is 790. The van der Waals surface area contributed by atoms with Gasteiger partial charge in [-0.05, 0) is 37.4 Å². The maximum Gasteiger partial charge on any atom is 0.253 e. The molecule has 2 aromatic rings. The van der Waals surface area contributed by atoms with Gasteiger partial charge >= 0.3 is 0 Å². The van der Waals surface area contributed by atoms with Gasteiger partial charge < -0.3 is 14.5 Å². The normalized spacial score (nSPS) is 25.2. The second-order valence-electron chi connectivity index (χ2n) is 7.40. The molecule has 3 heterocycles. The monoisotopic (exact) mass is 353 g/mol. The fourth-order valence-corrected chi connectivity index (χ4v) is 4.36. The van der Waals surface area contributed by atoms with Crippen molar-refractivity contribution in [3.8, 4) is 0 Å². The summed E-state index contributed by atoms with van der Waals surface area (Å²) in [6, 6.07) is 9.68. The summed E-state index contributed by atoms with van der Waals surface area (Å²) in [5.41, 5.74) is 1.66. The molecule has 0 radical (unpaired) electrons. The predicted octanol–water partition coefficient (Wildman–Crippen LogP) is 2.66. The van der Waals surface area contributed by atoms with Crippen LogP contribution in [0.15, 0.2) is 36.5 Å². The van der Waals surface area contributed by atoms with Crippen LogP contribution in [0.3, 0.4) is 0 Å². The van der Waals surface area contributed by atoms with Crippen molar-refractivity contribution < 1.29 is 9.53 Å². The molecule has 2 aliphatic rings. The summed E-state index contributed by atoms with van der Waals surface area (Å²) in [7, 11) is 0. The third kappa shape index (κ3) is 3.21. The van der Waals surface area contributed by atoms with Crippen molar-refractivity contribution in [1.29, 1.82) is 0 Å². The van der Waals surface area contributed by atoms with E-state index in [-0.39, 0.29) is 12.0 Å². The lowest BCUT2D eigenvalue weighted by Gasteiger charge is -2.25. The smallest absolute Gasteiger partial charge is 0.253 e. The molecule has 0 spiro atoms. The van der Waals surface area contributed by atoms with Crippen LogP contribution in [0.4, 0.5) is 0 Å². The highest BCUT2D eigenvalue weighted by Crippen LogP contribution is 2.35. The Morgan fingerprint density at radius 1 is 1.27 bits per heavy atom. The molecule has 2 saturated heterocycles. The molecule has 2 fully saturated rings. The van der Waals surface area contributed by atoms with E-state index in [0.717, 1.165) is 49.3 Å². The summed E-state index contributed by atoms with van der Waals surface area (Å²) in [5, 5.41) is 1.01. The molecular weight excluding hydrogens is 326 g/mol. The van der Waals surface area contributed by atoms with Gasteiger partial charge in [-0.1, -0.05) is 19.9 Å². The second-order valence-corrected chi connectivity index (χ2v) is 7.40. The first-order valence-corrected chi connectivity index (χ1v) is 9.67. The third-order valence-corrected chi connectivity index (χ3v) is 5.96. The lowest BCUT2D eigenvalue weighted by atomic mass is 9.92. The predicted molar refractivity (Wildman–Crippen MR) is 102 cm³/mol. The minimum Gasteiger partial charge on any atom is -0.376 e. The first-order valence-electron chi connectivity index (χ1n) is 9.67. The molecule has 0 bridgehead atoms. The molecule has 5 heteroatoms. The fourth-order valence-electron chi connectivity index (χ4n) is 4.36. The average Bonchev–Trinajstić information content (AvgIpc) is 3.26. The van der Waals surface area contributed by atoms with Crippen LogP contribution in [0.25, 0.3) is 10.9 Å². The van der Waals surface area contributed by atoms with Crippen molar-refractivity contribution >= 4 is 16.8 Å². The maximum absolute atomic E-state index is 13.0. The zero-order valence-corrected chi connectivity index (χ0v) is 15.6. The standard InChI is InChI=1S/C21H27N3O2/c1-3-23(4-2)11-17-14-26-20-13-24(12-18(17)20)21(25)16-7-8-19-15(10-16)6-5-9-22-19/h5-10,17-18,20H,3-4,11-14H2,1-2H3/t17-,18+,20+/m1/s1. The van der Waals surface area contributed by atoms with Crippen molar-refractivity contribution in [1.82, 2.24) is 14.8 Å². The molecule has 0 aliphatic carbocycles. The highest BCUT2D eigenvalue weighted by molar-refractivity contribution is 5.98. The quantitative estimate of drug-likeness (QED) is 0.829. The number of fused-ring (bicyclic) bond motifs is 2. The number of amides is 1. The molecule has 138 valence electrons. The van der Waals surface area contributed by atoms with Crippen molar-refractivity contribution in [3.05, 3.63) is 42.1 Å². The van der Waals surface area contributed by atoms with E-state index in [1.54, 1.807) is 6.20 Å². The topological polar surface area (TPSA) is 45.7 Å². The van der Waals surface area contributed by atoms with Crippen LogP contribution in [-0.4, -0.2) is 66.1 Å². The Morgan fingerprint density at radius 3 is 2.92 bits per heavy atom. The number of hydrogen-bond acceptors (Lipinski definition) is 4. The van der Waals surface area contributed by atoms with Crippen LogP contribution in [0, 0.1) is 11.8 Å². The molecule has 1 amide bonds. The van der Waals surface area contributed by atoms with E-state index in [9.17, 15) is 4.79 Å². The number of ether oxygens (including phenoxy) is 1. The van der Waals surface area contributed by atoms with Gasteiger partial charge in [0.05, 0.1) is 18.2 Å². The van der Waals surface area contributed by atoms with E-state index >= 15 is 0 Å². The zero-order chi connectivity index (χ0) is 18.1. The molecule has 0 N–H and O–H groups in total. The van der Waals surface area contributed by atoms with Crippen LogP contribution in [0.5, 0.6) is 0 Å². The highest BCUT2D eigenvalue weighted by Gasteiger charge is 2.45. The Balaban J connectivity index is 1.46.